The Kier molecular flexibility index (Phi) is 8.49. The van der Waals surface area contributed by atoms with Crippen molar-refractivity contribution in [3.8, 4) is 0 Å². The van der Waals surface area contributed by atoms with E-state index in [1.165, 1.54) is 50.6 Å². The third kappa shape index (κ3) is 6.15. The van der Waals surface area contributed by atoms with E-state index >= 15 is 0 Å². The summed E-state index contributed by atoms with van der Waals surface area (Å²) in [4.78, 5) is 4.48. The second kappa shape index (κ2) is 10.1. The molecule has 1 N–H and O–H groups in total. The molecule has 0 aromatic carbocycles. The molecule has 1 aromatic heterocycles. The third-order valence-corrected chi connectivity index (χ3v) is 3.28. The summed E-state index contributed by atoms with van der Waals surface area (Å²) >= 11 is 0. The zero-order valence-corrected chi connectivity index (χ0v) is 12.0. The van der Waals surface area contributed by atoms with Crippen LogP contribution in [0.1, 0.15) is 70.5 Å². The zero-order chi connectivity index (χ0) is 13.1. The maximum atomic E-state index is 4.48. The maximum Gasteiger partial charge on any atom is 0.0573 e. The maximum absolute atomic E-state index is 4.48. The molecular formula is C16H28N2. The summed E-state index contributed by atoms with van der Waals surface area (Å²) in [5, 5.41) is 3.61. The highest BCUT2D eigenvalue weighted by molar-refractivity contribution is 5.08. The summed E-state index contributed by atoms with van der Waals surface area (Å²) in [5.41, 5.74) is 1.20. The fraction of sp³-hybridized carbons (Fsp3) is 0.688. The summed E-state index contributed by atoms with van der Waals surface area (Å²) in [7, 11) is 0. The van der Waals surface area contributed by atoms with Crippen LogP contribution in [-0.2, 0) is 0 Å². The largest absolute Gasteiger partial charge is 0.309 e. The molecule has 1 aromatic rings. The van der Waals surface area contributed by atoms with Gasteiger partial charge in [0.05, 0.1) is 5.69 Å². The Labute approximate surface area is 112 Å². The normalized spacial score (nSPS) is 12.6. The summed E-state index contributed by atoms with van der Waals surface area (Å²) in [6.45, 7) is 5.55. The SMILES string of the molecule is CCCCCCCC(NCCC)c1ccccn1. The molecule has 1 rings (SSSR count). The molecule has 2 nitrogen and oxygen atoms in total. The van der Waals surface area contributed by atoms with Crippen LogP contribution in [0.4, 0.5) is 0 Å². The number of hydrogen-bond acceptors (Lipinski definition) is 2. The van der Waals surface area contributed by atoms with Crippen molar-refractivity contribution in [2.75, 3.05) is 6.54 Å². The van der Waals surface area contributed by atoms with Crippen LogP contribution in [0.25, 0.3) is 0 Å². The number of unbranched alkanes of at least 4 members (excludes halogenated alkanes) is 4. The summed E-state index contributed by atoms with van der Waals surface area (Å²) in [5.74, 6) is 0. The van der Waals surface area contributed by atoms with Crippen LogP contribution in [0.5, 0.6) is 0 Å². The topological polar surface area (TPSA) is 24.9 Å². The molecular weight excluding hydrogens is 220 g/mol. The quantitative estimate of drug-likeness (QED) is 0.617. The van der Waals surface area contributed by atoms with Crippen LogP contribution in [0.3, 0.4) is 0 Å². The summed E-state index contributed by atoms with van der Waals surface area (Å²) in [6.07, 6.45) is 11.0. The third-order valence-electron chi connectivity index (χ3n) is 3.28. The molecule has 0 fully saturated rings. The van der Waals surface area contributed by atoms with E-state index in [0.717, 1.165) is 6.54 Å². The number of nitrogens with one attached hydrogen (secondary N) is 1. The van der Waals surface area contributed by atoms with Crippen molar-refractivity contribution >= 4 is 0 Å². The van der Waals surface area contributed by atoms with E-state index in [4.69, 9.17) is 0 Å². The van der Waals surface area contributed by atoms with E-state index in [1.54, 1.807) is 0 Å². The van der Waals surface area contributed by atoms with Crippen molar-refractivity contribution in [3.05, 3.63) is 30.1 Å². The molecule has 0 radical (unpaired) electrons. The van der Waals surface area contributed by atoms with Gasteiger partial charge in [0.2, 0.25) is 0 Å². The highest BCUT2D eigenvalue weighted by Crippen LogP contribution is 2.18. The molecule has 0 amide bonds. The Morgan fingerprint density at radius 1 is 1.06 bits per heavy atom. The minimum absolute atomic E-state index is 0.438. The molecule has 102 valence electrons. The molecule has 1 atom stereocenters. The number of nitrogens with zero attached hydrogens (tertiary/aromatic N) is 1. The zero-order valence-electron chi connectivity index (χ0n) is 12.0. The lowest BCUT2D eigenvalue weighted by Crippen LogP contribution is -2.23. The van der Waals surface area contributed by atoms with E-state index in [9.17, 15) is 0 Å². The van der Waals surface area contributed by atoms with Gasteiger partial charge in [-0.15, -0.1) is 0 Å². The van der Waals surface area contributed by atoms with E-state index in [1.807, 2.05) is 12.3 Å². The van der Waals surface area contributed by atoms with Crippen molar-refractivity contribution in [2.24, 2.45) is 0 Å². The van der Waals surface area contributed by atoms with Gasteiger partial charge in [-0.05, 0) is 31.5 Å². The van der Waals surface area contributed by atoms with Crippen LogP contribution in [0.15, 0.2) is 24.4 Å². The predicted octanol–water partition coefficient (Wildman–Crippen LogP) is 4.48. The van der Waals surface area contributed by atoms with Gasteiger partial charge >= 0.3 is 0 Å². The van der Waals surface area contributed by atoms with Gasteiger partial charge < -0.3 is 5.32 Å². The van der Waals surface area contributed by atoms with E-state index < -0.39 is 0 Å². The standard InChI is InChI=1S/C16H28N2/c1-3-5-6-7-8-11-15(17-13-4-2)16-12-9-10-14-18-16/h9-10,12,14-15,17H,3-8,11,13H2,1-2H3. The lowest BCUT2D eigenvalue weighted by Gasteiger charge is -2.17. The van der Waals surface area contributed by atoms with Gasteiger partial charge in [-0.2, -0.15) is 0 Å². The first-order valence-corrected chi connectivity index (χ1v) is 7.52. The van der Waals surface area contributed by atoms with Gasteiger partial charge in [0.25, 0.3) is 0 Å². The molecule has 1 unspecified atom stereocenters. The molecule has 0 spiro atoms. The lowest BCUT2D eigenvalue weighted by atomic mass is 10.0. The van der Waals surface area contributed by atoms with E-state index in [-0.39, 0.29) is 0 Å². The molecule has 0 aliphatic carbocycles. The number of rotatable bonds is 10. The highest BCUT2D eigenvalue weighted by Gasteiger charge is 2.10. The average molecular weight is 248 g/mol. The van der Waals surface area contributed by atoms with Crippen molar-refractivity contribution in [1.82, 2.24) is 10.3 Å². The molecule has 0 aliphatic heterocycles. The van der Waals surface area contributed by atoms with E-state index in [0.29, 0.717) is 6.04 Å². The Morgan fingerprint density at radius 2 is 1.89 bits per heavy atom. The summed E-state index contributed by atoms with van der Waals surface area (Å²) < 4.78 is 0. The second-order valence-electron chi connectivity index (χ2n) is 4.96. The average Bonchev–Trinajstić information content (AvgIpc) is 2.43. The van der Waals surface area contributed by atoms with Gasteiger partial charge in [0, 0.05) is 12.2 Å². The number of aromatic nitrogens is 1. The first kappa shape index (κ1) is 15.2. The van der Waals surface area contributed by atoms with Gasteiger partial charge in [-0.3, -0.25) is 4.98 Å². The molecule has 0 saturated carbocycles. The highest BCUT2D eigenvalue weighted by atomic mass is 14.9. The van der Waals surface area contributed by atoms with Gasteiger partial charge in [-0.1, -0.05) is 52.0 Å². The Hall–Kier alpha value is -0.890. The van der Waals surface area contributed by atoms with Crippen LogP contribution < -0.4 is 5.32 Å². The first-order valence-electron chi connectivity index (χ1n) is 7.52. The van der Waals surface area contributed by atoms with Crippen molar-refractivity contribution in [3.63, 3.8) is 0 Å². The minimum atomic E-state index is 0.438. The molecule has 0 saturated heterocycles. The van der Waals surface area contributed by atoms with Crippen LogP contribution in [0.2, 0.25) is 0 Å². The smallest absolute Gasteiger partial charge is 0.0573 e. The summed E-state index contributed by atoms with van der Waals surface area (Å²) in [6, 6.07) is 6.65. The van der Waals surface area contributed by atoms with Gasteiger partial charge in [0.1, 0.15) is 0 Å². The van der Waals surface area contributed by atoms with Crippen molar-refractivity contribution < 1.29 is 0 Å². The van der Waals surface area contributed by atoms with E-state index in [2.05, 4.69) is 36.3 Å². The van der Waals surface area contributed by atoms with Crippen molar-refractivity contribution in [1.29, 1.82) is 0 Å². The van der Waals surface area contributed by atoms with Crippen molar-refractivity contribution in [2.45, 2.75) is 64.8 Å². The molecule has 1 heterocycles. The Bertz CT molecular complexity index is 284. The molecule has 0 bridgehead atoms. The fourth-order valence-corrected chi connectivity index (χ4v) is 2.21. The van der Waals surface area contributed by atoms with Gasteiger partial charge in [-0.25, -0.2) is 0 Å². The van der Waals surface area contributed by atoms with Gasteiger partial charge in [0.15, 0.2) is 0 Å². The fourth-order valence-electron chi connectivity index (χ4n) is 2.21. The van der Waals surface area contributed by atoms with Crippen LogP contribution in [0, 0.1) is 0 Å². The lowest BCUT2D eigenvalue weighted by molar-refractivity contribution is 0.460. The van der Waals surface area contributed by atoms with Crippen LogP contribution in [-0.4, -0.2) is 11.5 Å². The first-order chi connectivity index (χ1) is 8.88. The number of hydrogen-bond donors (Lipinski definition) is 1. The Balaban J connectivity index is 2.36. The second-order valence-corrected chi connectivity index (χ2v) is 4.96. The van der Waals surface area contributed by atoms with Crippen LogP contribution >= 0.6 is 0 Å². The molecule has 2 heteroatoms. The number of pyridine rings is 1. The Morgan fingerprint density at radius 3 is 2.56 bits per heavy atom. The predicted molar refractivity (Wildman–Crippen MR) is 78.6 cm³/mol. The monoisotopic (exact) mass is 248 g/mol. The molecule has 0 aliphatic rings. The minimum Gasteiger partial charge on any atom is -0.309 e. The molecule has 18 heavy (non-hydrogen) atoms.